The average Bonchev–Trinajstić information content (AvgIpc) is 3.39. The van der Waals surface area contributed by atoms with Crippen molar-refractivity contribution in [3.8, 4) is 11.3 Å². The van der Waals surface area contributed by atoms with E-state index >= 15 is 0 Å². The SMILES string of the molecule is COC(=O)c1ccc([C@H]2c3c(-c4ccc(Br)cc4)n[nH]c3C(=O)N2c2ccc(Cl)cc2)cc1. The van der Waals surface area contributed by atoms with Crippen molar-refractivity contribution in [2.24, 2.45) is 0 Å². The number of amides is 1. The molecule has 2 heterocycles. The topological polar surface area (TPSA) is 75.3 Å². The maximum atomic E-state index is 13.5. The summed E-state index contributed by atoms with van der Waals surface area (Å²) in [5, 5.41) is 8.01. The number of ether oxygens (including phenoxy) is 1. The van der Waals surface area contributed by atoms with Gasteiger partial charge in [-0.25, -0.2) is 4.79 Å². The molecule has 0 unspecified atom stereocenters. The highest BCUT2D eigenvalue weighted by molar-refractivity contribution is 9.10. The summed E-state index contributed by atoms with van der Waals surface area (Å²) >= 11 is 9.55. The number of benzene rings is 3. The molecule has 1 aliphatic heterocycles. The lowest BCUT2D eigenvalue weighted by Crippen LogP contribution is -2.29. The number of methoxy groups -OCH3 is 1. The number of carbonyl (C=O) groups excluding carboxylic acids is 2. The molecule has 164 valence electrons. The van der Waals surface area contributed by atoms with Crippen LogP contribution in [0.25, 0.3) is 11.3 Å². The number of esters is 1. The number of halogens is 2. The van der Waals surface area contributed by atoms with Crippen LogP contribution in [0.4, 0.5) is 5.69 Å². The van der Waals surface area contributed by atoms with E-state index in [9.17, 15) is 9.59 Å². The summed E-state index contributed by atoms with van der Waals surface area (Å²) in [6.07, 6.45) is 0. The van der Waals surface area contributed by atoms with E-state index < -0.39 is 12.0 Å². The highest BCUT2D eigenvalue weighted by Gasteiger charge is 2.43. The van der Waals surface area contributed by atoms with E-state index in [0.717, 1.165) is 21.2 Å². The minimum atomic E-state index is -0.447. The quantitative estimate of drug-likeness (QED) is 0.332. The molecule has 4 aromatic rings. The number of anilines is 1. The fourth-order valence-corrected chi connectivity index (χ4v) is 4.47. The summed E-state index contributed by atoms with van der Waals surface area (Å²) in [5.74, 6) is -0.608. The number of rotatable bonds is 4. The first-order valence-electron chi connectivity index (χ1n) is 10.1. The van der Waals surface area contributed by atoms with Crippen LogP contribution in [0.1, 0.15) is 38.0 Å². The summed E-state index contributed by atoms with van der Waals surface area (Å²) in [6, 6.07) is 21.5. The number of fused-ring (bicyclic) bond motifs is 1. The molecule has 8 heteroatoms. The molecule has 1 aromatic heterocycles. The number of nitrogens with one attached hydrogen (secondary N) is 1. The molecule has 6 nitrogen and oxygen atoms in total. The van der Waals surface area contributed by atoms with Gasteiger partial charge in [-0.15, -0.1) is 0 Å². The van der Waals surface area contributed by atoms with Crippen LogP contribution in [0, 0.1) is 0 Å². The molecule has 1 N–H and O–H groups in total. The molecule has 0 saturated carbocycles. The van der Waals surface area contributed by atoms with E-state index in [2.05, 4.69) is 26.1 Å². The van der Waals surface area contributed by atoms with Crippen molar-refractivity contribution in [3.05, 3.63) is 105 Å². The van der Waals surface area contributed by atoms with Crippen molar-refractivity contribution in [2.45, 2.75) is 6.04 Å². The second-order valence-corrected chi connectivity index (χ2v) is 8.89. The Morgan fingerprint density at radius 1 is 1.03 bits per heavy atom. The Morgan fingerprint density at radius 2 is 1.70 bits per heavy atom. The van der Waals surface area contributed by atoms with E-state index in [1.54, 1.807) is 29.2 Å². The third-order valence-electron chi connectivity index (χ3n) is 5.64. The summed E-state index contributed by atoms with van der Waals surface area (Å²) in [5.41, 5.74) is 4.78. The molecule has 1 amide bonds. The van der Waals surface area contributed by atoms with Gasteiger partial charge >= 0.3 is 5.97 Å². The number of aromatic nitrogens is 2. The van der Waals surface area contributed by atoms with Gasteiger partial charge in [0, 0.05) is 26.3 Å². The zero-order valence-electron chi connectivity index (χ0n) is 17.4. The fraction of sp³-hybridized carbons (Fsp3) is 0.0800. The van der Waals surface area contributed by atoms with Gasteiger partial charge in [-0.05, 0) is 54.1 Å². The Labute approximate surface area is 203 Å². The van der Waals surface area contributed by atoms with E-state index in [1.165, 1.54) is 7.11 Å². The number of carbonyl (C=O) groups is 2. The van der Waals surface area contributed by atoms with Crippen molar-refractivity contribution in [1.82, 2.24) is 10.2 Å². The molecule has 3 aromatic carbocycles. The van der Waals surface area contributed by atoms with Gasteiger partial charge < -0.3 is 4.74 Å². The summed E-state index contributed by atoms with van der Waals surface area (Å²) in [4.78, 5) is 27.2. The Bertz CT molecular complexity index is 1350. The second kappa shape index (κ2) is 8.50. The Balaban J connectivity index is 1.68. The molecule has 1 aliphatic rings. The van der Waals surface area contributed by atoms with Crippen LogP contribution in [0.3, 0.4) is 0 Å². The molecular weight excluding hydrogens is 506 g/mol. The molecule has 5 rings (SSSR count). The lowest BCUT2D eigenvalue weighted by molar-refractivity contribution is 0.0600. The van der Waals surface area contributed by atoms with Gasteiger partial charge in [-0.1, -0.05) is 51.8 Å². The number of nitrogens with zero attached hydrogens (tertiary/aromatic N) is 2. The van der Waals surface area contributed by atoms with Crippen LogP contribution >= 0.6 is 27.5 Å². The van der Waals surface area contributed by atoms with Crippen LogP contribution in [0.5, 0.6) is 0 Å². The van der Waals surface area contributed by atoms with Gasteiger partial charge in [-0.2, -0.15) is 5.10 Å². The maximum Gasteiger partial charge on any atom is 0.337 e. The van der Waals surface area contributed by atoms with Crippen LogP contribution < -0.4 is 4.90 Å². The van der Waals surface area contributed by atoms with Gasteiger partial charge in [0.25, 0.3) is 5.91 Å². The molecule has 1 atom stereocenters. The number of aromatic amines is 1. The van der Waals surface area contributed by atoms with Crippen molar-refractivity contribution < 1.29 is 14.3 Å². The molecule has 0 bridgehead atoms. The average molecular weight is 523 g/mol. The lowest BCUT2D eigenvalue weighted by Gasteiger charge is -2.26. The standard InChI is InChI=1S/C25H17BrClN3O3/c1-33-25(32)16-4-2-15(3-5-16)23-20-21(14-6-8-17(26)9-7-14)28-29-22(20)24(31)30(23)19-12-10-18(27)11-13-19/h2-13,23H,1H3,(H,28,29)/t23-/m0/s1. The third kappa shape index (κ3) is 3.73. The van der Waals surface area contributed by atoms with Gasteiger partial charge in [0.15, 0.2) is 0 Å². The predicted octanol–water partition coefficient (Wildman–Crippen LogP) is 6.03. The molecule has 0 aliphatic carbocycles. The first-order valence-corrected chi connectivity index (χ1v) is 11.3. The Morgan fingerprint density at radius 3 is 2.33 bits per heavy atom. The minimum absolute atomic E-state index is 0.190. The van der Waals surface area contributed by atoms with Crippen molar-refractivity contribution >= 4 is 45.1 Å². The van der Waals surface area contributed by atoms with E-state index in [0.29, 0.717) is 27.7 Å². The highest BCUT2D eigenvalue weighted by atomic mass is 79.9. The molecule has 0 spiro atoms. The number of hydrogen-bond donors (Lipinski definition) is 1. The first-order chi connectivity index (χ1) is 16.0. The third-order valence-corrected chi connectivity index (χ3v) is 6.42. The smallest absolute Gasteiger partial charge is 0.337 e. The second-order valence-electron chi connectivity index (χ2n) is 7.54. The van der Waals surface area contributed by atoms with Crippen LogP contribution in [0.15, 0.2) is 77.3 Å². The normalized spacial score (nSPS) is 14.9. The van der Waals surface area contributed by atoms with Gasteiger partial charge in [0.2, 0.25) is 0 Å². The van der Waals surface area contributed by atoms with Gasteiger partial charge in [-0.3, -0.25) is 14.8 Å². The summed E-state index contributed by atoms with van der Waals surface area (Å²) in [7, 11) is 1.34. The molecule has 0 fully saturated rings. The Hall–Kier alpha value is -3.42. The maximum absolute atomic E-state index is 13.5. The number of H-pyrrole nitrogens is 1. The molecule has 33 heavy (non-hydrogen) atoms. The van der Waals surface area contributed by atoms with E-state index in [4.69, 9.17) is 16.3 Å². The van der Waals surface area contributed by atoms with Crippen LogP contribution in [-0.4, -0.2) is 29.2 Å². The fourth-order valence-electron chi connectivity index (χ4n) is 4.08. The monoisotopic (exact) mass is 521 g/mol. The van der Waals surface area contributed by atoms with Crippen LogP contribution in [0.2, 0.25) is 5.02 Å². The van der Waals surface area contributed by atoms with Crippen molar-refractivity contribution in [1.29, 1.82) is 0 Å². The van der Waals surface area contributed by atoms with Crippen molar-refractivity contribution in [2.75, 3.05) is 12.0 Å². The predicted molar refractivity (Wildman–Crippen MR) is 130 cm³/mol. The molecular formula is C25H17BrClN3O3. The molecule has 0 saturated heterocycles. The zero-order valence-corrected chi connectivity index (χ0v) is 19.7. The zero-order chi connectivity index (χ0) is 23.1. The summed E-state index contributed by atoms with van der Waals surface area (Å²) < 4.78 is 5.77. The first kappa shape index (κ1) is 21.4. The highest BCUT2D eigenvalue weighted by Crippen LogP contribution is 2.45. The van der Waals surface area contributed by atoms with Crippen LogP contribution in [-0.2, 0) is 4.74 Å². The van der Waals surface area contributed by atoms with E-state index in [1.807, 2.05) is 48.5 Å². The van der Waals surface area contributed by atoms with Gasteiger partial charge in [0.1, 0.15) is 5.69 Å². The molecule has 0 radical (unpaired) electrons. The number of hydrogen-bond acceptors (Lipinski definition) is 4. The lowest BCUT2D eigenvalue weighted by atomic mass is 9.95. The largest absolute Gasteiger partial charge is 0.465 e. The van der Waals surface area contributed by atoms with Gasteiger partial charge in [0.05, 0.1) is 24.4 Å². The van der Waals surface area contributed by atoms with E-state index in [-0.39, 0.29) is 5.91 Å². The Kier molecular flexibility index (Phi) is 5.52. The van der Waals surface area contributed by atoms with Crippen molar-refractivity contribution in [3.63, 3.8) is 0 Å². The summed E-state index contributed by atoms with van der Waals surface area (Å²) in [6.45, 7) is 0. The minimum Gasteiger partial charge on any atom is -0.465 e.